The molecule has 1 heterocycles. The highest BCUT2D eigenvalue weighted by Gasteiger charge is 2.23. The molecule has 2 unspecified atom stereocenters. The van der Waals surface area contributed by atoms with Gasteiger partial charge in [0.2, 0.25) is 5.91 Å². The summed E-state index contributed by atoms with van der Waals surface area (Å²) in [6, 6.07) is 0.0294. The first kappa shape index (κ1) is 9.26. The molecule has 1 rings (SSSR count). The second-order valence-electron chi connectivity index (χ2n) is 3.03. The van der Waals surface area contributed by atoms with Crippen LogP contribution in [0.25, 0.3) is 0 Å². The van der Waals surface area contributed by atoms with Crippen molar-refractivity contribution >= 4 is 5.91 Å². The zero-order valence-corrected chi connectivity index (χ0v) is 7.38. The van der Waals surface area contributed by atoms with Gasteiger partial charge in [0.25, 0.3) is 0 Å². The van der Waals surface area contributed by atoms with Gasteiger partial charge in [-0.2, -0.15) is 0 Å². The molecule has 0 aromatic heterocycles. The van der Waals surface area contributed by atoms with E-state index >= 15 is 0 Å². The normalized spacial score (nSPS) is 24.9. The first-order valence-corrected chi connectivity index (χ1v) is 4.28. The Bertz CT molecular complexity index is 173. The van der Waals surface area contributed by atoms with Gasteiger partial charge in [0, 0.05) is 12.6 Å². The van der Waals surface area contributed by atoms with Crippen LogP contribution in [0.3, 0.4) is 0 Å². The zero-order chi connectivity index (χ0) is 8.97. The van der Waals surface area contributed by atoms with Crippen LogP contribution < -0.4 is 5.32 Å². The number of rotatable bonds is 3. The molecular weight excluding hydrogens is 154 g/mol. The van der Waals surface area contributed by atoms with E-state index in [9.17, 15) is 4.79 Å². The molecular formula is C9H15NO2. The fourth-order valence-electron chi connectivity index (χ4n) is 1.16. The predicted molar refractivity (Wildman–Crippen MR) is 46.8 cm³/mol. The summed E-state index contributed by atoms with van der Waals surface area (Å²) in [5, 5.41) is 2.79. The summed E-state index contributed by atoms with van der Waals surface area (Å²) in [6.07, 6.45) is 3.30. The summed E-state index contributed by atoms with van der Waals surface area (Å²) in [5.41, 5.74) is 0. The summed E-state index contributed by atoms with van der Waals surface area (Å²) >= 11 is 0. The molecule has 1 saturated heterocycles. The van der Waals surface area contributed by atoms with Gasteiger partial charge >= 0.3 is 0 Å². The maximum Gasteiger partial charge on any atom is 0.249 e. The van der Waals surface area contributed by atoms with Gasteiger partial charge in [-0.15, -0.1) is 6.58 Å². The van der Waals surface area contributed by atoms with Gasteiger partial charge in [-0.05, 0) is 19.8 Å². The molecule has 2 atom stereocenters. The van der Waals surface area contributed by atoms with Crippen LogP contribution in [0, 0.1) is 0 Å². The third kappa shape index (κ3) is 2.34. The van der Waals surface area contributed by atoms with E-state index in [0.717, 1.165) is 12.8 Å². The van der Waals surface area contributed by atoms with Crippen LogP contribution in [0.5, 0.6) is 0 Å². The summed E-state index contributed by atoms with van der Waals surface area (Å²) in [7, 11) is 0. The highest BCUT2D eigenvalue weighted by atomic mass is 16.5. The van der Waals surface area contributed by atoms with Gasteiger partial charge in [-0.3, -0.25) is 4.79 Å². The molecule has 0 spiro atoms. The maximum atomic E-state index is 11.3. The van der Waals surface area contributed by atoms with Crippen LogP contribution in [0.1, 0.15) is 19.8 Å². The number of nitrogens with one attached hydrogen (secondary N) is 1. The lowest BCUT2D eigenvalue weighted by Crippen LogP contribution is -2.38. The monoisotopic (exact) mass is 169 g/mol. The Labute approximate surface area is 72.8 Å². The molecule has 68 valence electrons. The van der Waals surface area contributed by atoms with Crippen LogP contribution in [-0.4, -0.2) is 24.7 Å². The fraction of sp³-hybridized carbons (Fsp3) is 0.667. The molecule has 3 nitrogen and oxygen atoms in total. The van der Waals surface area contributed by atoms with Crippen molar-refractivity contribution in [2.24, 2.45) is 0 Å². The molecule has 1 amide bonds. The maximum absolute atomic E-state index is 11.3. The topological polar surface area (TPSA) is 38.3 Å². The van der Waals surface area contributed by atoms with E-state index in [0.29, 0.717) is 6.61 Å². The average Bonchev–Trinajstić information content (AvgIpc) is 2.56. The first-order valence-electron chi connectivity index (χ1n) is 4.28. The lowest BCUT2D eigenvalue weighted by molar-refractivity contribution is -0.130. The van der Waals surface area contributed by atoms with E-state index in [1.165, 1.54) is 0 Å². The standard InChI is InChI=1S/C9H15NO2/c1-3-7(2)10-9(11)8-5-4-6-12-8/h3,7-8H,1,4-6H2,2H3,(H,10,11). The van der Waals surface area contributed by atoms with Crippen molar-refractivity contribution < 1.29 is 9.53 Å². The molecule has 3 heteroatoms. The highest BCUT2D eigenvalue weighted by Crippen LogP contribution is 2.11. The molecule has 0 saturated carbocycles. The van der Waals surface area contributed by atoms with Crippen LogP contribution in [0.4, 0.5) is 0 Å². The number of hydrogen-bond acceptors (Lipinski definition) is 2. The van der Waals surface area contributed by atoms with Crippen molar-refractivity contribution in [2.75, 3.05) is 6.61 Å². The zero-order valence-electron chi connectivity index (χ0n) is 7.38. The third-order valence-corrected chi connectivity index (χ3v) is 1.95. The number of ether oxygens (including phenoxy) is 1. The Kier molecular flexibility index (Phi) is 3.29. The van der Waals surface area contributed by atoms with Crippen LogP contribution in [0.15, 0.2) is 12.7 Å². The summed E-state index contributed by atoms with van der Waals surface area (Å²) < 4.78 is 5.21. The van der Waals surface area contributed by atoms with E-state index in [1.807, 2.05) is 6.92 Å². The van der Waals surface area contributed by atoms with Gasteiger partial charge in [-0.25, -0.2) is 0 Å². The summed E-state index contributed by atoms with van der Waals surface area (Å²) in [4.78, 5) is 11.3. The molecule has 0 bridgehead atoms. The second kappa shape index (κ2) is 4.26. The lowest BCUT2D eigenvalue weighted by Gasteiger charge is -2.13. The molecule has 1 fully saturated rings. The van der Waals surface area contributed by atoms with E-state index in [4.69, 9.17) is 4.74 Å². The summed E-state index contributed by atoms with van der Waals surface area (Å²) in [6.45, 7) is 6.18. The number of carbonyl (C=O) groups excluding carboxylic acids is 1. The van der Waals surface area contributed by atoms with E-state index in [2.05, 4.69) is 11.9 Å². The van der Waals surface area contributed by atoms with Gasteiger partial charge in [0.05, 0.1) is 0 Å². The Morgan fingerprint density at radius 2 is 2.58 bits per heavy atom. The molecule has 0 aromatic rings. The smallest absolute Gasteiger partial charge is 0.249 e. The van der Waals surface area contributed by atoms with Crippen LogP contribution in [0.2, 0.25) is 0 Å². The van der Waals surface area contributed by atoms with Crippen molar-refractivity contribution in [2.45, 2.75) is 31.9 Å². The largest absolute Gasteiger partial charge is 0.368 e. The van der Waals surface area contributed by atoms with Gasteiger partial charge in [0.1, 0.15) is 6.10 Å². The van der Waals surface area contributed by atoms with Crippen LogP contribution in [-0.2, 0) is 9.53 Å². The minimum atomic E-state index is -0.229. The van der Waals surface area contributed by atoms with Crippen molar-refractivity contribution in [1.29, 1.82) is 0 Å². The molecule has 0 aromatic carbocycles. The van der Waals surface area contributed by atoms with Crippen molar-refractivity contribution in [3.8, 4) is 0 Å². The Morgan fingerprint density at radius 1 is 1.83 bits per heavy atom. The Hall–Kier alpha value is -0.830. The highest BCUT2D eigenvalue weighted by molar-refractivity contribution is 5.81. The van der Waals surface area contributed by atoms with Gasteiger partial charge < -0.3 is 10.1 Å². The van der Waals surface area contributed by atoms with E-state index < -0.39 is 0 Å². The number of hydrogen-bond donors (Lipinski definition) is 1. The molecule has 1 aliphatic heterocycles. The van der Waals surface area contributed by atoms with Gasteiger partial charge in [0.15, 0.2) is 0 Å². The Balaban J connectivity index is 2.31. The van der Waals surface area contributed by atoms with E-state index in [1.54, 1.807) is 6.08 Å². The number of carbonyl (C=O) groups is 1. The lowest BCUT2D eigenvalue weighted by atomic mass is 10.2. The summed E-state index contributed by atoms with van der Waals surface area (Å²) in [5.74, 6) is -0.0140. The molecule has 1 aliphatic rings. The Morgan fingerprint density at radius 3 is 3.08 bits per heavy atom. The third-order valence-electron chi connectivity index (χ3n) is 1.95. The molecule has 12 heavy (non-hydrogen) atoms. The molecule has 0 aliphatic carbocycles. The predicted octanol–water partition coefficient (Wildman–Crippen LogP) is 0.856. The van der Waals surface area contributed by atoms with E-state index in [-0.39, 0.29) is 18.1 Å². The minimum Gasteiger partial charge on any atom is -0.368 e. The molecule has 0 radical (unpaired) electrons. The quantitative estimate of drug-likeness (QED) is 0.636. The molecule has 1 N–H and O–H groups in total. The van der Waals surface area contributed by atoms with Crippen molar-refractivity contribution in [3.63, 3.8) is 0 Å². The minimum absolute atomic E-state index is 0.0140. The SMILES string of the molecule is C=CC(C)NC(=O)C1CCCO1. The number of amides is 1. The van der Waals surface area contributed by atoms with Crippen molar-refractivity contribution in [1.82, 2.24) is 5.32 Å². The fourth-order valence-corrected chi connectivity index (χ4v) is 1.16. The van der Waals surface area contributed by atoms with Gasteiger partial charge in [-0.1, -0.05) is 6.08 Å². The van der Waals surface area contributed by atoms with Crippen LogP contribution >= 0.6 is 0 Å². The first-order chi connectivity index (χ1) is 5.74. The van der Waals surface area contributed by atoms with Crippen molar-refractivity contribution in [3.05, 3.63) is 12.7 Å². The second-order valence-corrected chi connectivity index (χ2v) is 3.03. The average molecular weight is 169 g/mol.